The van der Waals surface area contributed by atoms with Crippen LogP contribution in [0.3, 0.4) is 0 Å². The van der Waals surface area contributed by atoms with Gasteiger partial charge in [0.05, 0.1) is 26.3 Å². The molecule has 0 aromatic heterocycles. The number of nitrogens with zero attached hydrogens (tertiary/aromatic N) is 1. The van der Waals surface area contributed by atoms with Gasteiger partial charge in [-0.15, -0.1) is 0 Å². The number of carbonyl (C=O) groups is 3. The van der Waals surface area contributed by atoms with E-state index >= 15 is 0 Å². The quantitative estimate of drug-likeness (QED) is 0.338. The molecule has 11 nitrogen and oxygen atoms in total. The fourth-order valence-electron chi connectivity index (χ4n) is 2.74. The zero-order valence-corrected chi connectivity index (χ0v) is 17.7. The third-order valence-corrected chi connectivity index (χ3v) is 4.28. The third-order valence-electron chi connectivity index (χ3n) is 4.28. The van der Waals surface area contributed by atoms with Crippen molar-refractivity contribution in [1.29, 1.82) is 0 Å². The first-order valence-corrected chi connectivity index (χ1v) is 9.45. The van der Waals surface area contributed by atoms with Crippen molar-refractivity contribution in [2.75, 3.05) is 31.6 Å². The van der Waals surface area contributed by atoms with Gasteiger partial charge in [-0.1, -0.05) is 0 Å². The fourth-order valence-corrected chi connectivity index (χ4v) is 2.74. The first-order chi connectivity index (χ1) is 15.4. The average molecular weight is 442 g/mol. The number of rotatable bonds is 7. The second kappa shape index (κ2) is 10.2. The molecule has 168 valence electrons. The standard InChI is InChI=1S/C21H22N4O7/c1-12(8-19(26)22-13-4-6-17-18(9-13)32-11-31-17)24-25-21(28)20(27)23-15-10-14(29-2)5-7-16(15)30-3/h4-7,9-10H,8,11H2,1-3H3,(H,22,26)(H,23,27)(H,25,28). The van der Waals surface area contributed by atoms with E-state index in [0.29, 0.717) is 34.4 Å². The van der Waals surface area contributed by atoms with E-state index in [1.165, 1.54) is 20.3 Å². The van der Waals surface area contributed by atoms with Crippen LogP contribution in [-0.4, -0.2) is 44.4 Å². The Labute approximate surface area is 183 Å². The number of ether oxygens (including phenoxy) is 4. The zero-order valence-electron chi connectivity index (χ0n) is 17.7. The van der Waals surface area contributed by atoms with Crippen LogP contribution in [0.15, 0.2) is 41.5 Å². The Morgan fingerprint density at radius 2 is 1.75 bits per heavy atom. The lowest BCUT2D eigenvalue weighted by molar-refractivity contribution is -0.136. The minimum absolute atomic E-state index is 0.0972. The molecule has 32 heavy (non-hydrogen) atoms. The molecule has 3 amide bonds. The summed E-state index contributed by atoms with van der Waals surface area (Å²) in [5.74, 6) is -0.351. The van der Waals surface area contributed by atoms with Gasteiger partial charge in [-0.05, 0) is 31.2 Å². The van der Waals surface area contributed by atoms with Crippen molar-refractivity contribution in [3.63, 3.8) is 0 Å². The van der Waals surface area contributed by atoms with Gasteiger partial charge in [-0.25, -0.2) is 5.43 Å². The van der Waals surface area contributed by atoms with E-state index in [-0.39, 0.29) is 24.8 Å². The fraction of sp³-hybridized carbons (Fsp3) is 0.238. The molecule has 0 unspecified atom stereocenters. The summed E-state index contributed by atoms with van der Waals surface area (Å²) >= 11 is 0. The van der Waals surface area contributed by atoms with Crippen molar-refractivity contribution in [3.05, 3.63) is 36.4 Å². The van der Waals surface area contributed by atoms with Crippen LogP contribution in [0.5, 0.6) is 23.0 Å². The lowest BCUT2D eigenvalue weighted by atomic mass is 10.2. The van der Waals surface area contributed by atoms with Crippen molar-refractivity contribution < 1.29 is 33.3 Å². The number of anilines is 2. The molecule has 0 spiro atoms. The van der Waals surface area contributed by atoms with Crippen LogP contribution in [0.2, 0.25) is 0 Å². The van der Waals surface area contributed by atoms with Gasteiger partial charge in [0, 0.05) is 23.5 Å². The van der Waals surface area contributed by atoms with E-state index in [4.69, 9.17) is 18.9 Å². The number of carbonyl (C=O) groups excluding carboxylic acids is 3. The summed E-state index contributed by atoms with van der Waals surface area (Å²) in [6, 6.07) is 9.76. The molecule has 0 saturated carbocycles. The van der Waals surface area contributed by atoms with E-state index in [1.54, 1.807) is 37.3 Å². The molecular formula is C21H22N4O7. The molecule has 3 rings (SSSR count). The maximum absolute atomic E-state index is 12.2. The maximum atomic E-state index is 12.2. The van der Waals surface area contributed by atoms with Crippen molar-refractivity contribution in [1.82, 2.24) is 5.43 Å². The van der Waals surface area contributed by atoms with Crippen molar-refractivity contribution in [2.45, 2.75) is 13.3 Å². The molecule has 0 bridgehead atoms. The largest absolute Gasteiger partial charge is 0.497 e. The predicted octanol–water partition coefficient (Wildman–Crippen LogP) is 1.89. The van der Waals surface area contributed by atoms with Gasteiger partial charge in [0.15, 0.2) is 11.5 Å². The van der Waals surface area contributed by atoms with E-state index < -0.39 is 11.8 Å². The third kappa shape index (κ3) is 5.65. The molecule has 0 aliphatic carbocycles. The minimum Gasteiger partial charge on any atom is -0.497 e. The highest BCUT2D eigenvalue weighted by molar-refractivity contribution is 6.39. The van der Waals surface area contributed by atoms with E-state index in [9.17, 15) is 14.4 Å². The van der Waals surface area contributed by atoms with Gasteiger partial charge in [0.2, 0.25) is 12.7 Å². The molecule has 1 heterocycles. The minimum atomic E-state index is -1.01. The van der Waals surface area contributed by atoms with Gasteiger partial charge >= 0.3 is 11.8 Å². The monoisotopic (exact) mass is 442 g/mol. The van der Waals surface area contributed by atoms with Crippen LogP contribution in [-0.2, 0) is 14.4 Å². The number of benzene rings is 2. The van der Waals surface area contributed by atoms with Gasteiger partial charge in [-0.3, -0.25) is 14.4 Å². The molecule has 0 saturated heterocycles. The molecule has 1 aliphatic heterocycles. The second-order valence-electron chi connectivity index (χ2n) is 6.60. The molecule has 0 fully saturated rings. The van der Waals surface area contributed by atoms with E-state index in [0.717, 1.165) is 0 Å². The van der Waals surface area contributed by atoms with E-state index in [1.807, 2.05) is 0 Å². The molecule has 0 atom stereocenters. The van der Waals surface area contributed by atoms with Gasteiger partial charge < -0.3 is 29.6 Å². The number of nitrogens with one attached hydrogen (secondary N) is 3. The topological polar surface area (TPSA) is 137 Å². The average Bonchev–Trinajstić information content (AvgIpc) is 3.25. The number of methoxy groups -OCH3 is 2. The van der Waals surface area contributed by atoms with Crippen LogP contribution in [0.4, 0.5) is 11.4 Å². The van der Waals surface area contributed by atoms with Crippen LogP contribution in [0, 0.1) is 0 Å². The SMILES string of the molecule is COc1ccc(OC)c(NC(=O)C(=O)NN=C(C)CC(=O)Nc2ccc3c(c2)OCO3)c1. The number of hydrazone groups is 1. The summed E-state index contributed by atoms with van der Waals surface area (Å²) in [5.41, 5.74) is 3.21. The predicted molar refractivity (Wildman–Crippen MR) is 115 cm³/mol. The summed E-state index contributed by atoms with van der Waals surface area (Å²) in [6.07, 6.45) is -0.0972. The van der Waals surface area contributed by atoms with Crippen molar-refractivity contribution >= 4 is 34.8 Å². The van der Waals surface area contributed by atoms with Crippen LogP contribution in [0.25, 0.3) is 0 Å². The highest BCUT2D eigenvalue weighted by Gasteiger charge is 2.17. The molecule has 2 aromatic rings. The van der Waals surface area contributed by atoms with Crippen LogP contribution >= 0.6 is 0 Å². The number of hydrogen-bond donors (Lipinski definition) is 3. The summed E-state index contributed by atoms with van der Waals surface area (Å²) in [6.45, 7) is 1.68. The zero-order chi connectivity index (χ0) is 23.1. The van der Waals surface area contributed by atoms with E-state index in [2.05, 4.69) is 21.2 Å². The Morgan fingerprint density at radius 3 is 2.50 bits per heavy atom. The number of fused-ring (bicyclic) bond motifs is 1. The van der Waals surface area contributed by atoms with Crippen molar-refractivity contribution in [3.8, 4) is 23.0 Å². The van der Waals surface area contributed by atoms with Gasteiger partial charge in [0.25, 0.3) is 0 Å². The Balaban J connectivity index is 1.52. The maximum Gasteiger partial charge on any atom is 0.329 e. The summed E-state index contributed by atoms with van der Waals surface area (Å²) < 4.78 is 20.7. The highest BCUT2D eigenvalue weighted by Crippen LogP contribution is 2.34. The summed E-state index contributed by atoms with van der Waals surface area (Å²) in [5, 5.41) is 8.92. The smallest absolute Gasteiger partial charge is 0.329 e. The lowest BCUT2D eigenvalue weighted by Crippen LogP contribution is -2.33. The summed E-state index contributed by atoms with van der Waals surface area (Å²) in [4.78, 5) is 36.4. The Morgan fingerprint density at radius 1 is 0.969 bits per heavy atom. The summed E-state index contributed by atoms with van der Waals surface area (Å²) in [7, 11) is 2.90. The molecule has 0 radical (unpaired) electrons. The van der Waals surface area contributed by atoms with Crippen LogP contribution in [0.1, 0.15) is 13.3 Å². The molecule has 3 N–H and O–H groups in total. The van der Waals surface area contributed by atoms with Gasteiger partial charge in [-0.2, -0.15) is 5.10 Å². The Kier molecular flexibility index (Phi) is 7.11. The normalized spacial score (nSPS) is 12.0. The molecular weight excluding hydrogens is 420 g/mol. The van der Waals surface area contributed by atoms with Gasteiger partial charge in [0.1, 0.15) is 11.5 Å². The molecule has 1 aliphatic rings. The first-order valence-electron chi connectivity index (χ1n) is 9.45. The Hall–Kier alpha value is -4.28. The lowest BCUT2D eigenvalue weighted by Gasteiger charge is -2.11. The highest BCUT2D eigenvalue weighted by atomic mass is 16.7. The Bertz CT molecular complexity index is 1070. The van der Waals surface area contributed by atoms with Crippen LogP contribution < -0.4 is 35.0 Å². The molecule has 2 aromatic carbocycles. The molecule has 11 heteroatoms. The number of hydrogen-bond acceptors (Lipinski definition) is 8. The number of amides is 3. The van der Waals surface area contributed by atoms with Crippen molar-refractivity contribution in [2.24, 2.45) is 5.10 Å². The second-order valence-corrected chi connectivity index (χ2v) is 6.60. The first kappa shape index (κ1) is 22.4.